The Morgan fingerprint density at radius 2 is 1.73 bits per heavy atom. The van der Waals surface area contributed by atoms with Crippen LogP contribution in [0.1, 0.15) is 35.5 Å². The van der Waals surface area contributed by atoms with Crippen LogP contribution in [-0.4, -0.2) is 58.3 Å². The summed E-state index contributed by atoms with van der Waals surface area (Å²) in [6, 6.07) is 14.5. The number of aromatic nitrogens is 2. The minimum absolute atomic E-state index is 0.0493. The molecule has 0 radical (unpaired) electrons. The highest BCUT2D eigenvalue weighted by molar-refractivity contribution is 6.31. The fourth-order valence-electron chi connectivity index (χ4n) is 7.74. The number of nitrogens with one attached hydrogen (secondary N) is 1. The van der Waals surface area contributed by atoms with Crippen LogP contribution in [0.3, 0.4) is 0 Å². The summed E-state index contributed by atoms with van der Waals surface area (Å²) in [7, 11) is 2.61. The number of para-hydroxylation sites is 2. The minimum atomic E-state index is -5.05. The SMILES string of the molecule is CO[C@H]1[C@@H](N(C)C(=O)C(F)(F)F)C[C@@H]2O[C@@]1(C)n1c3ccccc3c3c4c(c5c6ccccc6n2c5c31)C(=O)NC4. The van der Waals surface area contributed by atoms with Gasteiger partial charge in [0.25, 0.3) is 5.91 Å². The van der Waals surface area contributed by atoms with E-state index in [1.54, 1.807) is 0 Å². The minimum Gasteiger partial charge on any atom is -0.374 e. The van der Waals surface area contributed by atoms with Crippen LogP contribution in [0.5, 0.6) is 0 Å². The van der Waals surface area contributed by atoms with Gasteiger partial charge in [0, 0.05) is 48.7 Å². The predicted octanol–water partition coefficient (Wildman–Crippen LogP) is 5.16. The number of ether oxygens (including phenoxy) is 2. The molecule has 11 heteroatoms. The molecule has 0 aliphatic carbocycles. The van der Waals surface area contributed by atoms with Gasteiger partial charge in [-0.05, 0) is 24.6 Å². The third-order valence-electron chi connectivity index (χ3n) is 9.26. The number of rotatable bonds is 2. The Kier molecular flexibility index (Phi) is 4.70. The Balaban J connectivity index is 1.58. The summed E-state index contributed by atoms with van der Waals surface area (Å²) in [5.41, 5.74) is 3.36. The van der Waals surface area contributed by atoms with Crippen LogP contribution >= 0.6 is 0 Å². The molecule has 2 bridgehead atoms. The molecule has 1 fully saturated rings. The Labute approximate surface area is 231 Å². The van der Waals surface area contributed by atoms with Crippen molar-refractivity contribution in [3.05, 3.63) is 59.7 Å². The van der Waals surface area contributed by atoms with E-state index in [2.05, 4.69) is 5.32 Å². The van der Waals surface area contributed by atoms with Gasteiger partial charge in [-0.3, -0.25) is 9.59 Å². The van der Waals surface area contributed by atoms with Crippen molar-refractivity contribution >= 4 is 55.4 Å². The molecule has 0 spiro atoms. The Morgan fingerprint density at radius 1 is 1.07 bits per heavy atom. The van der Waals surface area contributed by atoms with E-state index >= 15 is 0 Å². The number of carbonyl (C=O) groups is 2. The molecule has 2 amide bonds. The first-order valence-electron chi connectivity index (χ1n) is 13.4. The van der Waals surface area contributed by atoms with Crippen molar-refractivity contribution in [1.82, 2.24) is 19.4 Å². The maximum Gasteiger partial charge on any atom is 0.471 e. The van der Waals surface area contributed by atoms with E-state index in [4.69, 9.17) is 9.47 Å². The first-order valence-corrected chi connectivity index (χ1v) is 13.4. The number of hydrogen-bond donors (Lipinski definition) is 1. The molecule has 210 valence electrons. The molecule has 2 aromatic heterocycles. The number of methoxy groups -OCH3 is 1. The van der Waals surface area contributed by atoms with Gasteiger partial charge < -0.3 is 28.8 Å². The maximum absolute atomic E-state index is 13.7. The molecule has 8 rings (SSSR count). The van der Waals surface area contributed by atoms with Gasteiger partial charge in [0.2, 0.25) is 0 Å². The highest BCUT2D eigenvalue weighted by Crippen LogP contribution is 2.54. The fraction of sp³-hybridized carbons (Fsp3) is 0.333. The van der Waals surface area contributed by atoms with Gasteiger partial charge in [0.15, 0.2) is 5.72 Å². The van der Waals surface area contributed by atoms with Crippen molar-refractivity contribution in [3.63, 3.8) is 0 Å². The molecule has 8 nitrogen and oxygen atoms in total. The summed E-state index contributed by atoms with van der Waals surface area (Å²) in [5, 5.41) is 6.45. The number of fused-ring (bicyclic) bond motifs is 13. The van der Waals surface area contributed by atoms with Crippen LogP contribution in [0.2, 0.25) is 0 Å². The summed E-state index contributed by atoms with van der Waals surface area (Å²) in [5.74, 6) is -2.10. The number of likely N-dealkylation sites (N-methyl/N-ethyl adjacent to an activating group) is 1. The van der Waals surface area contributed by atoms with Crippen LogP contribution in [0.4, 0.5) is 13.2 Å². The summed E-state index contributed by atoms with van der Waals surface area (Å²) in [6.45, 7) is 2.17. The van der Waals surface area contributed by atoms with E-state index in [1.807, 2.05) is 64.6 Å². The predicted molar refractivity (Wildman–Crippen MR) is 145 cm³/mol. The second-order valence-electron chi connectivity index (χ2n) is 11.2. The van der Waals surface area contributed by atoms with E-state index in [0.717, 1.165) is 54.1 Å². The van der Waals surface area contributed by atoms with Gasteiger partial charge in [0.05, 0.1) is 33.7 Å². The number of amides is 2. The van der Waals surface area contributed by atoms with Gasteiger partial charge in [-0.1, -0.05) is 36.4 Å². The average molecular weight is 563 g/mol. The number of alkyl halides is 3. The van der Waals surface area contributed by atoms with Gasteiger partial charge in [0.1, 0.15) is 12.3 Å². The van der Waals surface area contributed by atoms with Gasteiger partial charge in [-0.25, -0.2) is 0 Å². The van der Waals surface area contributed by atoms with Crippen molar-refractivity contribution in [2.24, 2.45) is 0 Å². The number of carbonyl (C=O) groups excluding carboxylic acids is 2. The van der Waals surface area contributed by atoms with Crippen LogP contribution in [-0.2, 0) is 26.5 Å². The topological polar surface area (TPSA) is 77.7 Å². The van der Waals surface area contributed by atoms with Crippen molar-refractivity contribution in [1.29, 1.82) is 0 Å². The molecule has 3 aliphatic heterocycles. The molecule has 3 aromatic carbocycles. The third-order valence-corrected chi connectivity index (χ3v) is 9.26. The summed E-state index contributed by atoms with van der Waals surface area (Å²) in [4.78, 5) is 26.7. The number of benzene rings is 3. The van der Waals surface area contributed by atoms with Crippen molar-refractivity contribution in [2.75, 3.05) is 14.2 Å². The standard InChI is InChI=1S/C30H25F3N4O4/c1-29-26(40-3)19(35(2)28(39)30(31,32)33)12-20(41-29)36-17-10-6-4-8-14(17)22-23-16(13-34-27(23)38)21-15-9-5-7-11-18(15)37(29)25(21)24(22)36/h4-11,19-20,26H,12-13H2,1-3H3,(H,34,38)/t19-,20-,26-,29+/m0/s1. The normalized spacial score (nSPS) is 25.3. The Hall–Kier alpha value is -4.09. The van der Waals surface area contributed by atoms with Gasteiger partial charge in [-0.2, -0.15) is 13.2 Å². The Morgan fingerprint density at radius 3 is 2.41 bits per heavy atom. The second-order valence-corrected chi connectivity index (χ2v) is 11.2. The van der Waals surface area contributed by atoms with E-state index in [1.165, 1.54) is 14.2 Å². The lowest BCUT2D eigenvalue weighted by Crippen LogP contribution is -2.62. The molecule has 5 aromatic rings. The molecule has 1 saturated heterocycles. The van der Waals surface area contributed by atoms with Crippen LogP contribution < -0.4 is 5.32 Å². The second kappa shape index (κ2) is 7.80. The lowest BCUT2D eigenvalue weighted by atomic mass is 9.91. The van der Waals surface area contributed by atoms with E-state index in [0.29, 0.717) is 12.1 Å². The summed E-state index contributed by atoms with van der Waals surface area (Å²) >= 11 is 0. The molecule has 5 heterocycles. The van der Waals surface area contributed by atoms with Crippen LogP contribution in [0.15, 0.2) is 48.5 Å². The first kappa shape index (κ1) is 24.7. The van der Waals surface area contributed by atoms with E-state index < -0.39 is 36.2 Å². The van der Waals surface area contributed by atoms with Gasteiger partial charge in [-0.15, -0.1) is 0 Å². The molecule has 41 heavy (non-hydrogen) atoms. The van der Waals surface area contributed by atoms with Crippen molar-refractivity contribution in [2.45, 2.75) is 50.2 Å². The molecular weight excluding hydrogens is 537 g/mol. The Bertz CT molecular complexity index is 1990. The van der Waals surface area contributed by atoms with Crippen LogP contribution in [0, 0.1) is 0 Å². The monoisotopic (exact) mass is 562 g/mol. The number of halogens is 3. The van der Waals surface area contributed by atoms with Crippen molar-refractivity contribution < 1.29 is 32.2 Å². The van der Waals surface area contributed by atoms with E-state index in [9.17, 15) is 22.8 Å². The molecule has 0 unspecified atom stereocenters. The average Bonchev–Trinajstić information content (AvgIpc) is 3.59. The van der Waals surface area contributed by atoms with Crippen molar-refractivity contribution in [3.8, 4) is 0 Å². The van der Waals surface area contributed by atoms with Crippen LogP contribution in [0.25, 0.3) is 43.6 Å². The molecule has 3 aliphatic rings. The lowest BCUT2D eigenvalue weighted by molar-refractivity contribution is -0.269. The zero-order chi connectivity index (χ0) is 28.6. The number of hydrogen-bond acceptors (Lipinski definition) is 4. The molecule has 4 atom stereocenters. The lowest BCUT2D eigenvalue weighted by Gasteiger charge is -2.50. The molecule has 1 N–H and O–H groups in total. The zero-order valence-electron chi connectivity index (χ0n) is 22.4. The zero-order valence-corrected chi connectivity index (χ0v) is 22.4. The summed E-state index contributed by atoms with van der Waals surface area (Å²) in [6.07, 6.45) is -6.71. The third kappa shape index (κ3) is 2.87. The highest BCUT2D eigenvalue weighted by atomic mass is 19.4. The molecular formula is C30H25F3N4O4. The largest absolute Gasteiger partial charge is 0.471 e. The molecule has 0 saturated carbocycles. The fourth-order valence-corrected chi connectivity index (χ4v) is 7.74. The number of nitrogens with zero attached hydrogens (tertiary/aromatic N) is 3. The van der Waals surface area contributed by atoms with E-state index in [-0.39, 0.29) is 12.3 Å². The summed E-state index contributed by atoms with van der Waals surface area (Å²) < 4.78 is 58.0. The first-order chi connectivity index (χ1) is 19.6. The highest BCUT2D eigenvalue weighted by Gasteiger charge is 2.56. The quantitative estimate of drug-likeness (QED) is 0.323. The smallest absolute Gasteiger partial charge is 0.374 e. The van der Waals surface area contributed by atoms with Gasteiger partial charge >= 0.3 is 12.1 Å². The maximum atomic E-state index is 13.7.